The molecule has 31 heavy (non-hydrogen) atoms. The summed E-state index contributed by atoms with van der Waals surface area (Å²) in [4.78, 5) is 24.9. The highest BCUT2D eigenvalue weighted by Gasteiger charge is 2.31. The lowest BCUT2D eigenvalue weighted by Crippen LogP contribution is -2.50. The number of amides is 1. The number of rotatable bonds is 4. The molecule has 160 valence electrons. The molecule has 2 N–H and O–H groups in total. The molecule has 1 amide bonds. The minimum atomic E-state index is -3.70. The molecular weight excluding hydrogens is 420 g/mol. The molecule has 0 atom stereocenters. The zero-order valence-electron chi connectivity index (χ0n) is 16.5. The average molecular weight is 440 g/mol. The molecule has 1 aliphatic rings. The molecule has 0 bridgehead atoms. The molecule has 3 aromatic rings. The van der Waals surface area contributed by atoms with Crippen molar-refractivity contribution in [3.63, 3.8) is 0 Å². The lowest BCUT2D eigenvalue weighted by molar-refractivity contribution is -0.383. The lowest BCUT2D eigenvalue weighted by Gasteiger charge is -2.34. The standard InChI is InChI=1S/C21H20N4O5S/c22-19-8-6-17(14-20(19)25(27)28)21(26)23-9-11-24(12-10-23)31(29,30)18-7-5-15-3-1-2-4-16(15)13-18/h1-8,13-14H,9-12,22H2. The number of fused-ring (bicyclic) bond motifs is 1. The second-order valence-electron chi connectivity index (χ2n) is 7.24. The van der Waals surface area contributed by atoms with Crippen molar-refractivity contribution in [3.05, 3.63) is 76.3 Å². The Morgan fingerprint density at radius 3 is 2.29 bits per heavy atom. The van der Waals surface area contributed by atoms with E-state index in [-0.39, 0.29) is 48.0 Å². The van der Waals surface area contributed by atoms with Crippen molar-refractivity contribution in [2.24, 2.45) is 0 Å². The monoisotopic (exact) mass is 440 g/mol. The Bertz CT molecular complexity index is 1280. The van der Waals surface area contributed by atoms with Crippen molar-refractivity contribution in [2.45, 2.75) is 4.90 Å². The summed E-state index contributed by atoms with van der Waals surface area (Å²) >= 11 is 0. The van der Waals surface area contributed by atoms with Gasteiger partial charge in [-0.25, -0.2) is 8.42 Å². The average Bonchev–Trinajstić information content (AvgIpc) is 2.78. The number of carbonyl (C=O) groups is 1. The number of nitrogens with zero attached hydrogens (tertiary/aromatic N) is 3. The van der Waals surface area contributed by atoms with Gasteiger partial charge in [0.05, 0.1) is 9.82 Å². The Hall–Kier alpha value is -3.50. The summed E-state index contributed by atoms with van der Waals surface area (Å²) in [6.45, 7) is 0.642. The predicted molar refractivity (Wildman–Crippen MR) is 116 cm³/mol. The molecular formula is C21H20N4O5S. The number of nitro groups is 1. The fraction of sp³-hybridized carbons (Fsp3) is 0.190. The lowest BCUT2D eigenvalue weighted by atomic mass is 10.1. The van der Waals surface area contributed by atoms with Crippen molar-refractivity contribution in [1.29, 1.82) is 0 Å². The highest BCUT2D eigenvalue weighted by atomic mass is 32.2. The quantitative estimate of drug-likeness (QED) is 0.377. The smallest absolute Gasteiger partial charge is 0.292 e. The SMILES string of the molecule is Nc1ccc(C(=O)N2CCN(S(=O)(=O)c3ccc4ccccc4c3)CC2)cc1[N+](=O)[O-]. The number of hydrogen-bond donors (Lipinski definition) is 1. The largest absolute Gasteiger partial charge is 0.393 e. The van der Waals surface area contributed by atoms with Crippen LogP contribution >= 0.6 is 0 Å². The van der Waals surface area contributed by atoms with E-state index < -0.39 is 20.9 Å². The van der Waals surface area contributed by atoms with E-state index in [0.717, 1.165) is 16.8 Å². The predicted octanol–water partition coefficient (Wildman–Crippen LogP) is 2.48. The Kier molecular flexibility index (Phi) is 5.34. The van der Waals surface area contributed by atoms with E-state index in [9.17, 15) is 23.3 Å². The van der Waals surface area contributed by atoms with Crippen LogP contribution in [0.3, 0.4) is 0 Å². The molecule has 0 radical (unpaired) electrons. The molecule has 1 aliphatic heterocycles. The second kappa shape index (κ2) is 7.97. The fourth-order valence-electron chi connectivity index (χ4n) is 3.63. The zero-order valence-corrected chi connectivity index (χ0v) is 17.3. The Morgan fingerprint density at radius 2 is 1.61 bits per heavy atom. The highest BCUT2D eigenvalue weighted by Crippen LogP contribution is 2.25. The van der Waals surface area contributed by atoms with Crippen LogP contribution in [0, 0.1) is 10.1 Å². The number of benzene rings is 3. The van der Waals surface area contributed by atoms with Crippen molar-refractivity contribution >= 4 is 38.1 Å². The number of nitro benzene ring substituents is 1. The van der Waals surface area contributed by atoms with Gasteiger partial charge in [0.1, 0.15) is 5.69 Å². The van der Waals surface area contributed by atoms with Crippen LogP contribution in [-0.2, 0) is 10.0 Å². The minimum absolute atomic E-state index is 0.0205. The summed E-state index contributed by atoms with van der Waals surface area (Å²) in [6.07, 6.45) is 0. The van der Waals surface area contributed by atoms with Gasteiger partial charge >= 0.3 is 0 Å². The number of carbonyl (C=O) groups excluding carboxylic acids is 1. The van der Waals surface area contributed by atoms with E-state index in [0.29, 0.717) is 0 Å². The summed E-state index contributed by atoms with van der Waals surface area (Å²) < 4.78 is 27.5. The highest BCUT2D eigenvalue weighted by molar-refractivity contribution is 7.89. The number of nitrogen functional groups attached to an aromatic ring is 1. The molecule has 9 nitrogen and oxygen atoms in total. The molecule has 1 saturated heterocycles. The van der Waals surface area contributed by atoms with E-state index in [2.05, 4.69) is 0 Å². The first kappa shape index (κ1) is 20.8. The van der Waals surface area contributed by atoms with Crippen LogP contribution in [0.1, 0.15) is 10.4 Å². The Morgan fingerprint density at radius 1 is 0.935 bits per heavy atom. The maximum Gasteiger partial charge on any atom is 0.292 e. The maximum atomic E-state index is 13.1. The molecule has 0 saturated carbocycles. The number of hydrogen-bond acceptors (Lipinski definition) is 6. The summed E-state index contributed by atoms with van der Waals surface area (Å²) in [5.74, 6) is -0.397. The van der Waals surface area contributed by atoms with Crippen molar-refractivity contribution in [3.8, 4) is 0 Å². The van der Waals surface area contributed by atoms with Crippen LogP contribution in [0.15, 0.2) is 65.6 Å². The summed E-state index contributed by atoms with van der Waals surface area (Å²) in [5, 5.41) is 12.9. The summed E-state index contributed by atoms with van der Waals surface area (Å²) in [7, 11) is -3.70. The Balaban J connectivity index is 1.49. The fourth-order valence-corrected chi connectivity index (χ4v) is 5.08. The van der Waals surface area contributed by atoms with Gasteiger partial charge in [-0.3, -0.25) is 14.9 Å². The normalized spacial score (nSPS) is 15.2. The van der Waals surface area contributed by atoms with Crippen molar-refractivity contribution in [2.75, 3.05) is 31.9 Å². The van der Waals surface area contributed by atoms with Gasteiger partial charge in [0.25, 0.3) is 11.6 Å². The number of anilines is 1. The van der Waals surface area contributed by atoms with Crippen LogP contribution < -0.4 is 5.73 Å². The molecule has 0 aromatic heterocycles. The van der Waals surface area contributed by atoms with Gasteiger partial charge < -0.3 is 10.6 Å². The van der Waals surface area contributed by atoms with Gasteiger partial charge in [-0.2, -0.15) is 4.31 Å². The van der Waals surface area contributed by atoms with Crippen LogP contribution in [0.4, 0.5) is 11.4 Å². The summed E-state index contributed by atoms with van der Waals surface area (Å²) in [6, 6.07) is 16.4. The first-order chi connectivity index (χ1) is 14.8. The van der Waals surface area contributed by atoms with E-state index in [4.69, 9.17) is 5.73 Å². The van der Waals surface area contributed by atoms with Gasteiger partial charge in [0, 0.05) is 37.8 Å². The van der Waals surface area contributed by atoms with Gasteiger partial charge in [-0.1, -0.05) is 30.3 Å². The van der Waals surface area contributed by atoms with Crippen LogP contribution in [-0.4, -0.2) is 54.6 Å². The van der Waals surface area contributed by atoms with Crippen LogP contribution in [0.2, 0.25) is 0 Å². The van der Waals surface area contributed by atoms with Gasteiger partial charge in [0.15, 0.2) is 0 Å². The van der Waals surface area contributed by atoms with E-state index >= 15 is 0 Å². The molecule has 0 unspecified atom stereocenters. The molecule has 1 heterocycles. The summed E-state index contributed by atoms with van der Waals surface area (Å²) in [5.41, 5.74) is 5.38. The number of nitrogens with two attached hydrogens (primary N) is 1. The molecule has 1 fully saturated rings. The molecule has 0 aliphatic carbocycles. The molecule has 3 aromatic carbocycles. The molecule has 10 heteroatoms. The first-order valence-corrected chi connectivity index (χ1v) is 11.0. The third-order valence-electron chi connectivity index (χ3n) is 5.36. The third kappa shape index (κ3) is 3.94. The van der Waals surface area contributed by atoms with Crippen molar-refractivity contribution in [1.82, 2.24) is 9.21 Å². The van der Waals surface area contributed by atoms with Crippen LogP contribution in [0.25, 0.3) is 10.8 Å². The zero-order chi connectivity index (χ0) is 22.2. The maximum absolute atomic E-state index is 13.1. The first-order valence-electron chi connectivity index (χ1n) is 9.59. The minimum Gasteiger partial charge on any atom is -0.393 e. The molecule has 4 rings (SSSR count). The Labute approximate surface area is 178 Å². The van der Waals surface area contributed by atoms with Gasteiger partial charge in [-0.05, 0) is 35.0 Å². The van der Waals surface area contributed by atoms with Crippen molar-refractivity contribution < 1.29 is 18.1 Å². The number of sulfonamides is 1. The van der Waals surface area contributed by atoms with E-state index in [1.807, 2.05) is 24.3 Å². The van der Waals surface area contributed by atoms with E-state index in [1.54, 1.807) is 18.2 Å². The third-order valence-corrected chi connectivity index (χ3v) is 7.25. The topological polar surface area (TPSA) is 127 Å². The second-order valence-corrected chi connectivity index (χ2v) is 9.17. The van der Waals surface area contributed by atoms with Gasteiger partial charge in [0.2, 0.25) is 10.0 Å². The van der Waals surface area contributed by atoms with Gasteiger partial charge in [-0.15, -0.1) is 0 Å². The van der Waals surface area contributed by atoms with Crippen LogP contribution in [0.5, 0.6) is 0 Å². The molecule has 0 spiro atoms. The van der Waals surface area contributed by atoms with E-state index in [1.165, 1.54) is 21.3 Å². The number of piperazine rings is 1.